The van der Waals surface area contributed by atoms with E-state index in [1.165, 1.54) is 43.7 Å². The van der Waals surface area contributed by atoms with E-state index in [0.717, 1.165) is 28.1 Å². The molecule has 0 atom stereocenters. The highest BCUT2D eigenvalue weighted by atomic mass is 15.0. The van der Waals surface area contributed by atoms with Crippen LogP contribution in [0.2, 0.25) is 0 Å². The number of nitrogens with zero attached hydrogens (tertiary/aromatic N) is 4. The highest BCUT2D eigenvalue weighted by molar-refractivity contribution is 6.19. The number of rotatable bonds is 4. The highest BCUT2D eigenvalue weighted by Gasteiger charge is 2.16. The van der Waals surface area contributed by atoms with Gasteiger partial charge in [0.25, 0.3) is 0 Å². The Morgan fingerprint density at radius 3 is 2.02 bits per heavy atom. The van der Waals surface area contributed by atoms with Crippen molar-refractivity contribution in [3.63, 3.8) is 0 Å². The number of aromatic nitrogens is 4. The van der Waals surface area contributed by atoms with E-state index in [1.807, 2.05) is 36.9 Å². The first-order valence-corrected chi connectivity index (χ1v) is 13.7. The first-order chi connectivity index (χ1) is 20.3. The molecule has 192 valence electrons. The molecule has 8 aromatic rings. The van der Waals surface area contributed by atoms with Crippen molar-refractivity contribution in [2.24, 2.45) is 0 Å². The Kier molecular flexibility index (Phi) is 5.42. The molecule has 4 heteroatoms. The summed E-state index contributed by atoms with van der Waals surface area (Å²) in [6.07, 6.45) is 9.26. The molecular weight excluding hydrogens is 500 g/mol. The van der Waals surface area contributed by atoms with Crippen LogP contribution in [0.15, 0.2) is 146 Å². The van der Waals surface area contributed by atoms with E-state index in [-0.39, 0.29) is 0 Å². The van der Waals surface area contributed by atoms with E-state index in [0.29, 0.717) is 0 Å². The average molecular weight is 525 g/mol. The maximum Gasteiger partial charge on any atom is 0.0717 e. The summed E-state index contributed by atoms with van der Waals surface area (Å²) in [6, 6.07) is 40.9. The lowest BCUT2D eigenvalue weighted by atomic mass is 9.99. The summed E-state index contributed by atoms with van der Waals surface area (Å²) >= 11 is 0. The normalized spacial score (nSPS) is 11.4. The van der Waals surface area contributed by atoms with Crippen molar-refractivity contribution in [3.8, 4) is 39.2 Å². The Morgan fingerprint density at radius 1 is 0.463 bits per heavy atom. The number of fused-ring (bicyclic) bond motifs is 5. The Morgan fingerprint density at radius 2 is 1.24 bits per heavy atom. The summed E-state index contributed by atoms with van der Waals surface area (Å²) < 4.78 is 2.40. The summed E-state index contributed by atoms with van der Waals surface area (Å²) in [5.74, 6) is 0. The third kappa shape index (κ3) is 3.97. The molecule has 0 saturated heterocycles. The lowest BCUT2D eigenvalue weighted by molar-refractivity contribution is 1.19. The molecule has 4 aromatic heterocycles. The van der Waals surface area contributed by atoms with Crippen molar-refractivity contribution in [1.29, 1.82) is 0 Å². The van der Waals surface area contributed by atoms with E-state index in [9.17, 15) is 0 Å². The molecule has 8 rings (SSSR count). The van der Waals surface area contributed by atoms with Crippen LogP contribution >= 0.6 is 0 Å². The van der Waals surface area contributed by atoms with E-state index < -0.39 is 0 Å². The maximum atomic E-state index is 4.75. The molecule has 0 unspecified atom stereocenters. The molecule has 0 bridgehead atoms. The van der Waals surface area contributed by atoms with E-state index in [4.69, 9.17) is 4.98 Å². The van der Waals surface area contributed by atoms with Crippen LogP contribution < -0.4 is 0 Å². The summed E-state index contributed by atoms with van der Waals surface area (Å²) in [6.45, 7) is 0. The predicted octanol–water partition coefficient (Wildman–Crippen LogP) is 9.12. The molecule has 0 radical (unpaired) electrons. The van der Waals surface area contributed by atoms with Crippen LogP contribution in [-0.2, 0) is 0 Å². The second kappa shape index (κ2) is 9.54. The standard InChI is InChI=1S/C37H24N4/c1-2-6-31(7-3-1)41-36-22-27(29-11-15-35(40-24-29)30-5-4-18-39-23-30)9-13-33(36)34-14-10-28-21-26(8-12-32(28)37(34)41)25-16-19-38-20-17-25/h1-24H. The van der Waals surface area contributed by atoms with Gasteiger partial charge >= 0.3 is 0 Å². The molecule has 0 fully saturated rings. The van der Waals surface area contributed by atoms with Gasteiger partial charge in [-0.2, -0.15) is 0 Å². The lowest BCUT2D eigenvalue weighted by Crippen LogP contribution is -1.94. The monoisotopic (exact) mass is 524 g/mol. The fourth-order valence-electron chi connectivity index (χ4n) is 5.83. The Balaban J connectivity index is 1.34. The van der Waals surface area contributed by atoms with Crippen molar-refractivity contribution in [2.75, 3.05) is 0 Å². The molecule has 0 spiro atoms. The topological polar surface area (TPSA) is 43.6 Å². The van der Waals surface area contributed by atoms with Gasteiger partial charge in [0, 0.05) is 64.0 Å². The smallest absolute Gasteiger partial charge is 0.0717 e. The number of benzene rings is 4. The summed E-state index contributed by atoms with van der Waals surface area (Å²) in [5, 5.41) is 4.91. The largest absolute Gasteiger partial charge is 0.309 e. The fourth-order valence-corrected chi connectivity index (χ4v) is 5.83. The second-order valence-corrected chi connectivity index (χ2v) is 10.2. The maximum absolute atomic E-state index is 4.75. The minimum atomic E-state index is 0.916. The molecule has 0 N–H and O–H groups in total. The van der Waals surface area contributed by atoms with Gasteiger partial charge in [-0.25, -0.2) is 0 Å². The number of hydrogen-bond donors (Lipinski definition) is 0. The van der Waals surface area contributed by atoms with Crippen LogP contribution in [0.25, 0.3) is 71.8 Å². The lowest BCUT2D eigenvalue weighted by Gasteiger charge is -2.11. The van der Waals surface area contributed by atoms with Crippen molar-refractivity contribution < 1.29 is 0 Å². The van der Waals surface area contributed by atoms with Crippen molar-refractivity contribution in [1.82, 2.24) is 19.5 Å². The van der Waals surface area contributed by atoms with Gasteiger partial charge in [-0.05, 0) is 76.7 Å². The zero-order chi connectivity index (χ0) is 27.2. The summed E-state index contributed by atoms with van der Waals surface area (Å²) in [7, 11) is 0. The zero-order valence-electron chi connectivity index (χ0n) is 22.1. The quantitative estimate of drug-likeness (QED) is 0.231. The van der Waals surface area contributed by atoms with Gasteiger partial charge < -0.3 is 4.57 Å². The van der Waals surface area contributed by atoms with E-state index in [1.54, 1.807) is 6.20 Å². The zero-order valence-corrected chi connectivity index (χ0v) is 22.1. The number of hydrogen-bond acceptors (Lipinski definition) is 3. The third-order valence-corrected chi connectivity index (χ3v) is 7.83. The van der Waals surface area contributed by atoms with Crippen LogP contribution in [0.1, 0.15) is 0 Å². The van der Waals surface area contributed by atoms with Crippen molar-refractivity contribution in [2.45, 2.75) is 0 Å². The Hall–Kier alpha value is -5.61. The van der Waals surface area contributed by atoms with Gasteiger partial charge in [-0.3, -0.25) is 15.0 Å². The molecule has 4 nitrogen and oxygen atoms in total. The minimum absolute atomic E-state index is 0.916. The predicted molar refractivity (Wildman–Crippen MR) is 168 cm³/mol. The molecule has 41 heavy (non-hydrogen) atoms. The number of pyridine rings is 3. The molecule has 0 aliphatic rings. The van der Waals surface area contributed by atoms with Crippen LogP contribution in [0, 0.1) is 0 Å². The molecule has 0 amide bonds. The van der Waals surface area contributed by atoms with Crippen molar-refractivity contribution in [3.05, 3.63) is 146 Å². The first-order valence-electron chi connectivity index (χ1n) is 13.7. The van der Waals surface area contributed by atoms with Gasteiger partial charge in [-0.15, -0.1) is 0 Å². The second-order valence-electron chi connectivity index (χ2n) is 10.2. The summed E-state index contributed by atoms with van der Waals surface area (Å²) in [4.78, 5) is 13.2. The Labute approximate surface area is 237 Å². The van der Waals surface area contributed by atoms with Gasteiger partial charge in [0.05, 0.1) is 16.7 Å². The highest BCUT2D eigenvalue weighted by Crippen LogP contribution is 2.39. The Bertz CT molecular complexity index is 2170. The molecule has 4 heterocycles. The average Bonchev–Trinajstić information content (AvgIpc) is 3.40. The molecule has 0 saturated carbocycles. The molecular formula is C37H24N4. The summed E-state index contributed by atoms with van der Waals surface area (Å²) in [5.41, 5.74) is 10.0. The van der Waals surface area contributed by atoms with Crippen LogP contribution in [0.4, 0.5) is 0 Å². The van der Waals surface area contributed by atoms with Crippen molar-refractivity contribution >= 4 is 32.6 Å². The number of para-hydroxylation sites is 1. The fraction of sp³-hybridized carbons (Fsp3) is 0. The van der Waals surface area contributed by atoms with E-state index >= 15 is 0 Å². The molecule has 0 aliphatic carbocycles. The van der Waals surface area contributed by atoms with Crippen LogP contribution in [0.5, 0.6) is 0 Å². The first kappa shape index (κ1) is 23.3. The van der Waals surface area contributed by atoms with Gasteiger partial charge in [0.15, 0.2) is 0 Å². The van der Waals surface area contributed by atoms with Gasteiger partial charge in [0.1, 0.15) is 0 Å². The van der Waals surface area contributed by atoms with Gasteiger partial charge in [-0.1, -0.05) is 60.7 Å². The molecule has 4 aromatic carbocycles. The van der Waals surface area contributed by atoms with Gasteiger partial charge in [0.2, 0.25) is 0 Å². The molecule has 0 aliphatic heterocycles. The van der Waals surface area contributed by atoms with Crippen LogP contribution in [0.3, 0.4) is 0 Å². The van der Waals surface area contributed by atoms with Crippen LogP contribution in [-0.4, -0.2) is 19.5 Å². The third-order valence-electron chi connectivity index (χ3n) is 7.83. The van der Waals surface area contributed by atoms with E-state index in [2.05, 4.69) is 118 Å². The SMILES string of the molecule is c1ccc(-n2c3cc(-c4ccc(-c5cccnc5)nc4)ccc3c3ccc4cc(-c5ccncc5)ccc4c32)cc1. The minimum Gasteiger partial charge on any atom is -0.309 e.